The number of aromatic nitrogens is 4. The predicted octanol–water partition coefficient (Wildman–Crippen LogP) is 3.93. The molecule has 1 amide bonds. The first kappa shape index (κ1) is 24.6. The van der Waals surface area contributed by atoms with E-state index in [1.54, 1.807) is 18.1 Å². The number of carbonyl (C=O) groups is 2. The first-order valence-electron chi connectivity index (χ1n) is 12.3. The number of ether oxygens (including phenoxy) is 1. The van der Waals surface area contributed by atoms with Crippen LogP contribution in [-0.4, -0.2) is 55.5 Å². The van der Waals surface area contributed by atoms with Gasteiger partial charge in [0.05, 0.1) is 30.8 Å². The summed E-state index contributed by atoms with van der Waals surface area (Å²) in [5, 5.41) is 18.5. The Morgan fingerprint density at radius 2 is 1.97 bits per heavy atom. The molecule has 1 N–H and O–H groups in total. The van der Waals surface area contributed by atoms with Crippen molar-refractivity contribution in [1.29, 1.82) is 0 Å². The van der Waals surface area contributed by atoms with Crippen LogP contribution in [0.1, 0.15) is 57.1 Å². The fourth-order valence-electron chi connectivity index (χ4n) is 4.89. The third kappa shape index (κ3) is 5.22. The molecule has 2 aromatic heterocycles. The average Bonchev–Trinajstić information content (AvgIpc) is 3.31. The van der Waals surface area contributed by atoms with E-state index in [4.69, 9.17) is 4.74 Å². The molecule has 2 aromatic carbocycles. The van der Waals surface area contributed by atoms with Crippen LogP contribution in [0.4, 0.5) is 0 Å². The molecular formula is C28H29N5O4. The first-order valence-corrected chi connectivity index (χ1v) is 12.3. The summed E-state index contributed by atoms with van der Waals surface area (Å²) >= 11 is 0. The summed E-state index contributed by atoms with van der Waals surface area (Å²) in [5.74, 6) is -1.41. The van der Waals surface area contributed by atoms with Gasteiger partial charge in [0, 0.05) is 37.9 Å². The summed E-state index contributed by atoms with van der Waals surface area (Å²) in [5.41, 5.74) is 6.56. The maximum absolute atomic E-state index is 13.0. The van der Waals surface area contributed by atoms with E-state index >= 15 is 0 Å². The van der Waals surface area contributed by atoms with Gasteiger partial charge in [-0.15, -0.1) is 5.10 Å². The normalized spacial score (nSPS) is 16.9. The summed E-state index contributed by atoms with van der Waals surface area (Å²) in [6.45, 7) is 3.94. The van der Waals surface area contributed by atoms with Crippen LogP contribution in [0, 0.1) is 6.92 Å². The van der Waals surface area contributed by atoms with Gasteiger partial charge in [-0.05, 0) is 65.9 Å². The van der Waals surface area contributed by atoms with Crippen LogP contribution in [0.25, 0.3) is 11.0 Å². The summed E-state index contributed by atoms with van der Waals surface area (Å²) < 4.78 is 7.71. The van der Waals surface area contributed by atoms with Gasteiger partial charge in [-0.3, -0.25) is 14.6 Å². The lowest BCUT2D eigenvalue weighted by Gasteiger charge is -2.21. The first-order chi connectivity index (χ1) is 17.9. The van der Waals surface area contributed by atoms with E-state index in [-0.39, 0.29) is 12.3 Å². The molecule has 9 heteroatoms. The van der Waals surface area contributed by atoms with Crippen LogP contribution >= 0.6 is 0 Å². The van der Waals surface area contributed by atoms with Crippen molar-refractivity contribution >= 4 is 22.9 Å². The minimum Gasteiger partial charge on any atom is -0.481 e. The SMILES string of the molecule is Cc1c2ccc3c1nnn3CCCOCc1ccc(cc1)C(=O)N(C)Cc1cc(ccn1)[C@H]2CC(=O)O. The Hall–Kier alpha value is -4.11. The zero-order chi connectivity index (χ0) is 25.9. The summed E-state index contributed by atoms with van der Waals surface area (Å²) in [7, 11) is 1.74. The maximum Gasteiger partial charge on any atom is 0.304 e. The van der Waals surface area contributed by atoms with Crippen molar-refractivity contribution in [2.45, 2.75) is 45.4 Å². The number of carbonyl (C=O) groups excluding carboxylic acids is 1. The molecule has 1 atom stereocenters. The second kappa shape index (κ2) is 10.5. The molecule has 0 fully saturated rings. The Bertz CT molecular complexity index is 1450. The summed E-state index contributed by atoms with van der Waals surface area (Å²) in [6.07, 6.45) is 2.36. The topological polar surface area (TPSA) is 110 Å². The fourth-order valence-corrected chi connectivity index (χ4v) is 4.89. The lowest BCUT2D eigenvalue weighted by molar-refractivity contribution is -0.137. The molecule has 6 heterocycles. The number of aliphatic carboxylic acids is 1. The zero-order valence-electron chi connectivity index (χ0n) is 20.9. The Morgan fingerprint density at radius 1 is 1.16 bits per heavy atom. The van der Waals surface area contributed by atoms with Gasteiger partial charge in [-0.25, -0.2) is 4.68 Å². The Morgan fingerprint density at radius 3 is 2.76 bits per heavy atom. The number of nitrogens with zero attached hydrogens (tertiary/aromatic N) is 5. The van der Waals surface area contributed by atoms with Crippen molar-refractivity contribution in [2.24, 2.45) is 0 Å². The maximum atomic E-state index is 13.0. The van der Waals surface area contributed by atoms with Crippen LogP contribution in [0.2, 0.25) is 0 Å². The van der Waals surface area contributed by atoms with Gasteiger partial charge in [0.25, 0.3) is 5.91 Å². The highest BCUT2D eigenvalue weighted by molar-refractivity contribution is 5.94. The molecule has 0 unspecified atom stereocenters. The number of hydrogen-bond acceptors (Lipinski definition) is 6. The van der Waals surface area contributed by atoms with Crippen molar-refractivity contribution in [3.8, 4) is 0 Å². The number of benzene rings is 2. The highest BCUT2D eigenvalue weighted by atomic mass is 16.5. The summed E-state index contributed by atoms with van der Waals surface area (Å²) in [6, 6.07) is 15.1. The van der Waals surface area contributed by atoms with Crippen molar-refractivity contribution in [3.63, 3.8) is 0 Å². The minimum atomic E-state index is -0.896. The zero-order valence-corrected chi connectivity index (χ0v) is 20.9. The van der Waals surface area contributed by atoms with E-state index in [9.17, 15) is 14.7 Å². The quantitative estimate of drug-likeness (QED) is 0.445. The van der Waals surface area contributed by atoms with Gasteiger partial charge in [0.1, 0.15) is 5.52 Å². The van der Waals surface area contributed by atoms with Gasteiger partial charge in [0.15, 0.2) is 0 Å². The molecule has 0 radical (unpaired) electrons. The average molecular weight is 500 g/mol. The van der Waals surface area contributed by atoms with Gasteiger partial charge in [-0.1, -0.05) is 23.4 Å². The molecule has 8 bridgehead atoms. The fraction of sp³-hybridized carbons (Fsp3) is 0.321. The number of hydrogen-bond donors (Lipinski definition) is 1. The molecule has 0 saturated heterocycles. The number of aryl methyl sites for hydroxylation is 2. The van der Waals surface area contributed by atoms with Gasteiger partial charge in [0.2, 0.25) is 0 Å². The summed E-state index contributed by atoms with van der Waals surface area (Å²) in [4.78, 5) is 31.0. The largest absolute Gasteiger partial charge is 0.481 e. The van der Waals surface area contributed by atoms with E-state index in [1.165, 1.54) is 0 Å². The lowest BCUT2D eigenvalue weighted by Crippen LogP contribution is -2.26. The third-order valence-corrected chi connectivity index (χ3v) is 6.85. The van der Waals surface area contributed by atoms with Gasteiger partial charge < -0.3 is 14.7 Å². The number of pyridine rings is 1. The molecule has 0 spiro atoms. The van der Waals surface area contributed by atoms with Crippen molar-refractivity contribution < 1.29 is 19.4 Å². The Labute approximate surface area is 214 Å². The molecule has 9 nitrogen and oxygen atoms in total. The highest BCUT2D eigenvalue weighted by Crippen LogP contribution is 2.33. The lowest BCUT2D eigenvalue weighted by atomic mass is 9.85. The minimum absolute atomic E-state index is 0.0810. The second-order valence-electron chi connectivity index (χ2n) is 9.46. The van der Waals surface area contributed by atoms with Crippen molar-refractivity contribution in [2.75, 3.05) is 13.7 Å². The van der Waals surface area contributed by atoms with Crippen LogP contribution < -0.4 is 0 Å². The number of carboxylic acids is 1. The molecule has 37 heavy (non-hydrogen) atoms. The molecule has 0 saturated carbocycles. The molecule has 4 aromatic rings. The molecule has 4 aliphatic rings. The smallest absolute Gasteiger partial charge is 0.304 e. The van der Waals surface area contributed by atoms with E-state index < -0.39 is 11.9 Å². The number of rotatable bonds is 2. The predicted molar refractivity (Wildman–Crippen MR) is 137 cm³/mol. The Kier molecular flexibility index (Phi) is 6.96. The monoisotopic (exact) mass is 499 g/mol. The van der Waals surface area contributed by atoms with E-state index in [0.29, 0.717) is 37.6 Å². The van der Waals surface area contributed by atoms with Gasteiger partial charge >= 0.3 is 5.97 Å². The van der Waals surface area contributed by atoms with Crippen LogP contribution in [0.15, 0.2) is 54.7 Å². The van der Waals surface area contributed by atoms with Crippen LogP contribution in [0.5, 0.6) is 0 Å². The standard InChI is InChI=1S/C28H29N5O4/c1-18-23-8-9-25-27(18)30-31-33(25)12-3-13-37-17-19-4-6-20(7-5-19)28(36)32(2)16-22-14-21(10-11-29-22)24(23)15-26(34)35/h4-11,14,24H,3,12-13,15-17H2,1-2H3,(H,34,35)/t24-/m1/s1. The number of carboxylic acid groups (broad SMARTS) is 1. The van der Waals surface area contributed by atoms with Crippen LogP contribution in [-0.2, 0) is 29.2 Å². The Balaban J connectivity index is 1.57. The molecule has 0 aliphatic carbocycles. The highest BCUT2D eigenvalue weighted by Gasteiger charge is 2.23. The molecule has 4 aliphatic heterocycles. The van der Waals surface area contributed by atoms with E-state index in [2.05, 4.69) is 15.3 Å². The third-order valence-electron chi connectivity index (χ3n) is 6.85. The molecule has 190 valence electrons. The molecular weight excluding hydrogens is 470 g/mol. The van der Waals surface area contributed by atoms with Crippen LogP contribution in [0.3, 0.4) is 0 Å². The second-order valence-corrected chi connectivity index (χ2v) is 9.46. The number of amides is 1. The van der Waals surface area contributed by atoms with Gasteiger partial charge in [-0.2, -0.15) is 0 Å². The van der Waals surface area contributed by atoms with Crippen molar-refractivity contribution in [1.82, 2.24) is 24.9 Å². The van der Waals surface area contributed by atoms with E-state index in [0.717, 1.165) is 39.7 Å². The molecule has 8 rings (SSSR count). The van der Waals surface area contributed by atoms with Crippen molar-refractivity contribution in [3.05, 3.63) is 88.2 Å². The van der Waals surface area contributed by atoms with E-state index in [1.807, 2.05) is 60.1 Å².